The largest absolute Gasteiger partial charge is 0.485 e. The molecule has 0 radical (unpaired) electrons. The van der Waals surface area contributed by atoms with Crippen molar-refractivity contribution in [3.05, 3.63) is 64.1 Å². The second-order valence-corrected chi connectivity index (χ2v) is 4.93. The number of nitrogens with two attached hydrogens (primary N) is 1. The molecule has 2 rings (SSSR count). The summed E-state index contributed by atoms with van der Waals surface area (Å²) >= 11 is 3.32. The number of amides is 1. The Morgan fingerprint density at radius 3 is 2.30 bits per heavy atom. The van der Waals surface area contributed by atoms with Crippen molar-refractivity contribution in [1.29, 1.82) is 0 Å². The fourth-order valence-corrected chi connectivity index (χ4v) is 2.14. The predicted octanol–water partition coefficient (Wildman–Crippen LogP) is 2.81. The zero-order chi connectivity index (χ0) is 14.5. The molecular formula is C15H12BrNO3. The van der Waals surface area contributed by atoms with Gasteiger partial charge in [0, 0.05) is 15.6 Å². The molecule has 0 aliphatic rings. The number of carbonyl (C=O) groups excluding carboxylic acids is 2. The topological polar surface area (TPSA) is 69.4 Å². The summed E-state index contributed by atoms with van der Waals surface area (Å²) in [5.74, 6) is -0.118. The molecule has 1 amide bonds. The average Bonchev–Trinajstić information content (AvgIpc) is 2.45. The number of hydrogen-bond acceptors (Lipinski definition) is 3. The van der Waals surface area contributed by atoms with Crippen molar-refractivity contribution in [3.8, 4) is 5.75 Å². The molecule has 2 N–H and O–H groups in total. The standard InChI is InChI=1S/C15H12BrNO3/c16-13-4-2-1-3-12(13)14(18)9-20-11-7-5-10(6-8-11)15(17)19/h1-8H,9H2,(H2,17,19). The SMILES string of the molecule is NC(=O)c1ccc(OCC(=O)c2ccccc2Br)cc1. The lowest BCUT2D eigenvalue weighted by molar-refractivity contribution is 0.0919. The van der Waals surface area contributed by atoms with Gasteiger partial charge in [-0.25, -0.2) is 0 Å². The van der Waals surface area contributed by atoms with Crippen molar-refractivity contribution in [3.63, 3.8) is 0 Å². The van der Waals surface area contributed by atoms with Crippen molar-refractivity contribution < 1.29 is 14.3 Å². The third kappa shape index (κ3) is 3.45. The van der Waals surface area contributed by atoms with E-state index < -0.39 is 5.91 Å². The maximum atomic E-state index is 12.0. The number of halogens is 1. The fraction of sp³-hybridized carbons (Fsp3) is 0.0667. The molecule has 4 nitrogen and oxygen atoms in total. The molecule has 0 aromatic heterocycles. The molecule has 2 aromatic rings. The summed E-state index contributed by atoms with van der Waals surface area (Å²) in [6, 6.07) is 13.5. The Morgan fingerprint density at radius 2 is 1.70 bits per heavy atom. The molecule has 0 saturated carbocycles. The Balaban J connectivity index is 2.00. The summed E-state index contributed by atoms with van der Waals surface area (Å²) in [5, 5.41) is 0. The Bertz CT molecular complexity index is 638. The summed E-state index contributed by atoms with van der Waals surface area (Å²) in [6.45, 7) is -0.0709. The lowest BCUT2D eigenvalue weighted by Crippen LogP contribution is -2.13. The van der Waals surface area contributed by atoms with Gasteiger partial charge in [0.15, 0.2) is 6.61 Å². The van der Waals surface area contributed by atoms with E-state index in [1.165, 1.54) is 0 Å². The van der Waals surface area contributed by atoms with Gasteiger partial charge in [-0.1, -0.05) is 34.1 Å². The van der Waals surface area contributed by atoms with E-state index in [0.29, 0.717) is 16.9 Å². The van der Waals surface area contributed by atoms with Crippen LogP contribution in [0, 0.1) is 0 Å². The van der Waals surface area contributed by atoms with Crippen LogP contribution >= 0.6 is 15.9 Å². The van der Waals surface area contributed by atoms with E-state index in [1.807, 2.05) is 6.07 Å². The number of carbonyl (C=O) groups is 2. The smallest absolute Gasteiger partial charge is 0.248 e. The number of ether oxygens (including phenoxy) is 1. The van der Waals surface area contributed by atoms with Crippen molar-refractivity contribution in [2.24, 2.45) is 5.73 Å². The lowest BCUT2D eigenvalue weighted by atomic mass is 10.1. The molecule has 5 heteroatoms. The maximum Gasteiger partial charge on any atom is 0.248 e. The maximum absolute atomic E-state index is 12.0. The van der Waals surface area contributed by atoms with Crippen LogP contribution in [0.5, 0.6) is 5.75 Å². The Morgan fingerprint density at radius 1 is 1.05 bits per heavy atom. The van der Waals surface area contributed by atoms with Gasteiger partial charge >= 0.3 is 0 Å². The molecule has 0 saturated heterocycles. The van der Waals surface area contributed by atoms with Crippen LogP contribution in [0.2, 0.25) is 0 Å². The monoisotopic (exact) mass is 333 g/mol. The molecule has 0 fully saturated rings. The molecule has 20 heavy (non-hydrogen) atoms. The second-order valence-electron chi connectivity index (χ2n) is 4.08. The van der Waals surface area contributed by atoms with E-state index in [1.54, 1.807) is 42.5 Å². The van der Waals surface area contributed by atoms with E-state index in [9.17, 15) is 9.59 Å². The van der Waals surface area contributed by atoms with Gasteiger partial charge in [-0.3, -0.25) is 9.59 Å². The number of Topliss-reactive ketones (excluding diaryl/α,β-unsaturated/α-hetero) is 1. The first-order valence-corrected chi connectivity index (χ1v) is 6.67. The number of primary amides is 1. The van der Waals surface area contributed by atoms with Crippen molar-refractivity contribution in [2.75, 3.05) is 6.61 Å². The molecule has 0 aliphatic heterocycles. The number of benzene rings is 2. The van der Waals surface area contributed by atoms with Crippen molar-refractivity contribution in [1.82, 2.24) is 0 Å². The quantitative estimate of drug-likeness (QED) is 0.855. The van der Waals surface area contributed by atoms with E-state index in [-0.39, 0.29) is 12.4 Å². The normalized spacial score (nSPS) is 10.1. The molecule has 0 heterocycles. The predicted molar refractivity (Wildman–Crippen MR) is 78.9 cm³/mol. The number of rotatable bonds is 5. The Kier molecular flexibility index (Phi) is 4.53. The first-order chi connectivity index (χ1) is 9.58. The summed E-state index contributed by atoms with van der Waals surface area (Å²) in [4.78, 5) is 22.9. The average molecular weight is 334 g/mol. The minimum Gasteiger partial charge on any atom is -0.485 e. The van der Waals surface area contributed by atoms with Crippen LogP contribution < -0.4 is 10.5 Å². The minimum absolute atomic E-state index is 0.0709. The molecular weight excluding hydrogens is 322 g/mol. The van der Waals surface area contributed by atoms with Crippen LogP contribution in [-0.4, -0.2) is 18.3 Å². The molecule has 0 unspecified atom stereocenters. The van der Waals surface area contributed by atoms with E-state index in [0.717, 1.165) is 4.47 Å². The third-order valence-electron chi connectivity index (χ3n) is 2.68. The van der Waals surface area contributed by atoms with E-state index in [4.69, 9.17) is 10.5 Å². The van der Waals surface area contributed by atoms with Gasteiger partial charge in [-0.2, -0.15) is 0 Å². The molecule has 0 bridgehead atoms. The summed E-state index contributed by atoms with van der Waals surface area (Å²) in [5.41, 5.74) is 6.11. The third-order valence-corrected chi connectivity index (χ3v) is 3.37. The Hall–Kier alpha value is -2.14. The molecule has 0 atom stereocenters. The highest BCUT2D eigenvalue weighted by molar-refractivity contribution is 9.10. The van der Waals surface area contributed by atoms with Gasteiger partial charge in [-0.05, 0) is 30.3 Å². The highest BCUT2D eigenvalue weighted by Crippen LogP contribution is 2.17. The Labute approximate surface area is 124 Å². The van der Waals surface area contributed by atoms with E-state index in [2.05, 4.69) is 15.9 Å². The highest BCUT2D eigenvalue weighted by Gasteiger charge is 2.10. The molecule has 2 aromatic carbocycles. The van der Waals surface area contributed by atoms with Crippen molar-refractivity contribution >= 4 is 27.6 Å². The van der Waals surface area contributed by atoms with Crippen LogP contribution in [0.25, 0.3) is 0 Å². The molecule has 0 spiro atoms. The zero-order valence-electron chi connectivity index (χ0n) is 10.5. The van der Waals surface area contributed by atoms with Gasteiger partial charge in [-0.15, -0.1) is 0 Å². The van der Waals surface area contributed by atoms with Gasteiger partial charge in [0.05, 0.1) is 0 Å². The highest BCUT2D eigenvalue weighted by atomic mass is 79.9. The summed E-state index contributed by atoms with van der Waals surface area (Å²) < 4.78 is 6.12. The number of hydrogen-bond donors (Lipinski definition) is 1. The van der Waals surface area contributed by atoms with Crippen LogP contribution in [0.1, 0.15) is 20.7 Å². The van der Waals surface area contributed by atoms with Gasteiger partial charge in [0.25, 0.3) is 0 Å². The number of ketones is 1. The minimum atomic E-state index is -0.499. The van der Waals surface area contributed by atoms with Gasteiger partial charge in [0.1, 0.15) is 5.75 Å². The van der Waals surface area contributed by atoms with E-state index >= 15 is 0 Å². The first-order valence-electron chi connectivity index (χ1n) is 5.88. The first kappa shape index (κ1) is 14.3. The zero-order valence-corrected chi connectivity index (χ0v) is 12.1. The van der Waals surface area contributed by atoms with Crippen LogP contribution in [0.4, 0.5) is 0 Å². The van der Waals surface area contributed by atoms with Gasteiger partial charge < -0.3 is 10.5 Å². The fourth-order valence-electron chi connectivity index (χ4n) is 1.63. The van der Waals surface area contributed by atoms with Crippen LogP contribution in [0.3, 0.4) is 0 Å². The second kappa shape index (κ2) is 6.34. The summed E-state index contributed by atoms with van der Waals surface area (Å²) in [7, 11) is 0. The molecule has 102 valence electrons. The van der Waals surface area contributed by atoms with Crippen LogP contribution in [0.15, 0.2) is 53.0 Å². The molecule has 0 aliphatic carbocycles. The summed E-state index contributed by atoms with van der Waals surface area (Å²) in [6.07, 6.45) is 0. The lowest BCUT2D eigenvalue weighted by Gasteiger charge is -2.07. The van der Waals surface area contributed by atoms with Gasteiger partial charge in [0.2, 0.25) is 11.7 Å². The van der Waals surface area contributed by atoms with Crippen molar-refractivity contribution in [2.45, 2.75) is 0 Å². The van der Waals surface area contributed by atoms with Crippen LogP contribution in [-0.2, 0) is 0 Å².